The average Bonchev–Trinajstić information content (AvgIpc) is 3.34. The molecule has 2 heterocycles. The molecule has 0 radical (unpaired) electrons. The molecule has 2 aromatic carbocycles. The van der Waals surface area contributed by atoms with Crippen LogP contribution in [0, 0.1) is 6.92 Å². The summed E-state index contributed by atoms with van der Waals surface area (Å²) in [6.45, 7) is 2.09. The van der Waals surface area contributed by atoms with Gasteiger partial charge < -0.3 is 25.7 Å². The Morgan fingerprint density at radius 2 is 1.83 bits per heavy atom. The predicted octanol–water partition coefficient (Wildman–Crippen LogP) is 5.79. The van der Waals surface area contributed by atoms with Gasteiger partial charge in [0.2, 0.25) is 5.95 Å². The fraction of sp³-hybridized carbons (Fsp3) is 0.321. The van der Waals surface area contributed by atoms with E-state index in [2.05, 4.69) is 52.1 Å². The lowest BCUT2D eigenvalue weighted by molar-refractivity contribution is 0.0963. The number of anilines is 3. The van der Waals surface area contributed by atoms with Crippen LogP contribution in [0.25, 0.3) is 22.2 Å². The van der Waals surface area contributed by atoms with Gasteiger partial charge in [0.25, 0.3) is 5.91 Å². The minimum Gasteiger partial charge on any atom is -0.495 e. The number of methoxy groups -OCH3 is 1. The number of carbonyl (C=O) groups is 1. The first kappa shape index (κ1) is 23.7. The van der Waals surface area contributed by atoms with Gasteiger partial charge in [0.15, 0.2) is 0 Å². The predicted molar refractivity (Wildman–Crippen MR) is 144 cm³/mol. The minimum absolute atomic E-state index is 0.175. The smallest absolute Gasteiger partial charge is 0.251 e. The van der Waals surface area contributed by atoms with Crippen LogP contribution in [-0.2, 0) is 0 Å². The number of hydrogen-bond acceptors (Lipinski definition) is 6. The van der Waals surface area contributed by atoms with Crippen molar-refractivity contribution in [3.05, 3.63) is 59.8 Å². The molecule has 1 saturated carbocycles. The largest absolute Gasteiger partial charge is 0.495 e. The van der Waals surface area contributed by atoms with Gasteiger partial charge in [-0.2, -0.15) is 9.97 Å². The number of nitrogens with zero attached hydrogens (tertiary/aromatic N) is 2. The zero-order valence-electron chi connectivity index (χ0n) is 20.9. The van der Waals surface area contributed by atoms with Crippen molar-refractivity contribution in [3.8, 4) is 16.9 Å². The number of hydrogen-bond donors (Lipinski definition) is 4. The number of carbonyl (C=O) groups excluding carboxylic acids is 1. The molecule has 5 rings (SSSR count). The summed E-state index contributed by atoms with van der Waals surface area (Å²) in [4.78, 5) is 25.1. The van der Waals surface area contributed by atoms with E-state index in [1.54, 1.807) is 32.4 Å². The number of aromatic amines is 1. The molecule has 1 fully saturated rings. The van der Waals surface area contributed by atoms with Crippen LogP contribution >= 0.6 is 0 Å². The molecule has 0 aliphatic heterocycles. The van der Waals surface area contributed by atoms with Gasteiger partial charge in [-0.25, -0.2) is 0 Å². The number of aromatic nitrogens is 3. The molecule has 0 unspecified atom stereocenters. The van der Waals surface area contributed by atoms with E-state index >= 15 is 0 Å². The van der Waals surface area contributed by atoms with Crippen molar-refractivity contribution in [2.45, 2.75) is 45.1 Å². The van der Waals surface area contributed by atoms with Gasteiger partial charge in [-0.3, -0.25) is 4.79 Å². The van der Waals surface area contributed by atoms with Crippen LogP contribution in [0.3, 0.4) is 0 Å². The van der Waals surface area contributed by atoms with Gasteiger partial charge >= 0.3 is 0 Å². The fourth-order valence-corrected chi connectivity index (χ4v) is 4.79. The molecular formula is C28H32N6O2. The van der Waals surface area contributed by atoms with Crippen LogP contribution in [0.4, 0.5) is 17.5 Å². The third kappa shape index (κ3) is 4.84. The van der Waals surface area contributed by atoms with Gasteiger partial charge in [-0.1, -0.05) is 49.1 Å². The van der Waals surface area contributed by atoms with E-state index in [4.69, 9.17) is 14.7 Å². The number of fused-ring (bicyclic) bond motifs is 1. The number of ether oxygens (including phenoxy) is 1. The molecule has 8 heteroatoms. The zero-order chi connectivity index (χ0) is 25.1. The summed E-state index contributed by atoms with van der Waals surface area (Å²) in [5.74, 6) is 1.62. The highest BCUT2D eigenvalue weighted by Crippen LogP contribution is 2.36. The molecule has 186 valence electrons. The number of nitrogens with one attached hydrogen (secondary N) is 4. The molecule has 0 spiro atoms. The van der Waals surface area contributed by atoms with Crippen LogP contribution in [0.5, 0.6) is 5.75 Å². The van der Waals surface area contributed by atoms with Crippen molar-refractivity contribution >= 4 is 34.4 Å². The van der Waals surface area contributed by atoms with Crippen LogP contribution in [0.15, 0.2) is 48.7 Å². The summed E-state index contributed by atoms with van der Waals surface area (Å²) in [6.07, 6.45) is 8.00. The summed E-state index contributed by atoms with van der Waals surface area (Å²) >= 11 is 0. The highest BCUT2D eigenvalue weighted by molar-refractivity contribution is 6.02. The quantitative estimate of drug-likeness (QED) is 0.265. The Kier molecular flexibility index (Phi) is 6.75. The Labute approximate surface area is 210 Å². The number of amides is 1. The highest BCUT2D eigenvalue weighted by atomic mass is 16.5. The van der Waals surface area contributed by atoms with Crippen molar-refractivity contribution in [2.24, 2.45) is 0 Å². The summed E-state index contributed by atoms with van der Waals surface area (Å²) in [5.41, 5.74) is 5.36. The Hall–Kier alpha value is -4.07. The summed E-state index contributed by atoms with van der Waals surface area (Å²) in [7, 11) is 3.18. The van der Waals surface area contributed by atoms with Crippen LogP contribution in [0.2, 0.25) is 0 Å². The van der Waals surface area contributed by atoms with Crippen molar-refractivity contribution in [2.75, 3.05) is 24.8 Å². The van der Waals surface area contributed by atoms with Gasteiger partial charge in [0.05, 0.1) is 18.2 Å². The summed E-state index contributed by atoms with van der Waals surface area (Å²) in [6, 6.07) is 14.1. The SMILES string of the molecule is CNC(=O)c1ccc(Nc2nc(NC3CCCCC3)c3c(-c4ccc(C)cc4)c[nH]c3n2)c(OC)c1. The molecule has 8 nitrogen and oxygen atoms in total. The Morgan fingerprint density at radius 1 is 1.06 bits per heavy atom. The van der Waals surface area contributed by atoms with Gasteiger partial charge in [0, 0.05) is 30.4 Å². The van der Waals surface area contributed by atoms with Crippen LogP contribution < -0.4 is 20.7 Å². The molecule has 1 aliphatic rings. The Morgan fingerprint density at radius 3 is 2.56 bits per heavy atom. The molecular weight excluding hydrogens is 452 g/mol. The van der Waals surface area contributed by atoms with E-state index in [-0.39, 0.29) is 5.91 Å². The zero-order valence-corrected chi connectivity index (χ0v) is 20.9. The molecule has 1 amide bonds. The molecule has 36 heavy (non-hydrogen) atoms. The number of rotatable bonds is 7. The lowest BCUT2D eigenvalue weighted by Gasteiger charge is -2.24. The van der Waals surface area contributed by atoms with Crippen LogP contribution in [-0.4, -0.2) is 41.1 Å². The molecule has 1 aliphatic carbocycles. The molecule has 4 N–H and O–H groups in total. The highest BCUT2D eigenvalue weighted by Gasteiger charge is 2.20. The lowest BCUT2D eigenvalue weighted by Crippen LogP contribution is -2.23. The first-order valence-electron chi connectivity index (χ1n) is 12.5. The van der Waals surface area contributed by atoms with E-state index in [1.165, 1.54) is 24.8 Å². The number of benzene rings is 2. The van der Waals surface area contributed by atoms with E-state index in [1.807, 2.05) is 6.20 Å². The Bertz CT molecular complexity index is 1370. The van der Waals surface area contributed by atoms with E-state index in [0.29, 0.717) is 29.0 Å². The van der Waals surface area contributed by atoms with Crippen molar-refractivity contribution in [1.29, 1.82) is 0 Å². The number of H-pyrrole nitrogens is 1. The van der Waals surface area contributed by atoms with Crippen LogP contribution in [0.1, 0.15) is 48.0 Å². The second-order valence-electron chi connectivity index (χ2n) is 9.29. The third-order valence-corrected chi connectivity index (χ3v) is 6.78. The molecule has 2 aromatic heterocycles. The molecule has 0 saturated heterocycles. The van der Waals surface area contributed by atoms with E-state index < -0.39 is 0 Å². The van der Waals surface area contributed by atoms with Crippen molar-refractivity contribution in [1.82, 2.24) is 20.3 Å². The molecule has 4 aromatic rings. The standard InChI is InChI=1S/C28H32N6O2/c1-17-9-11-18(12-10-17)21-16-30-25-24(21)26(31-20-7-5-4-6-8-20)34-28(33-25)32-22-14-13-19(27(35)29-2)15-23(22)36-3/h9-16,20H,4-8H2,1-3H3,(H,29,35)(H3,30,31,32,33,34). The summed E-state index contributed by atoms with van der Waals surface area (Å²) < 4.78 is 5.54. The van der Waals surface area contributed by atoms with Gasteiger partial charge in [-0.05, 0) is 43.5 Å². The second kappa shape index (κ2) is 10.3. The van der Waals surface area contributed by atoms with Crippen molar-refractivity contribution in [3.63, 3.8) is 0 Å². The lowest BCUT2D eigenvalue weighted by atomic mass is 9.95. The first-order chi connectivity index (χ1) is 17.6. The van der Waals surface area contributed by atoms with Gasteiger partial charge in [-0.15, -0.1) is 0 Å². The normalized spacial score (nSPS) is 14.0. The first-order valence-corrected chi connectivity index (χ1v) is 12.5. The van der Waals surface area contributed by atoms with E-state index in [0.717, 1.165) is 40.8 Å². The number of aryl methyl sites for hydroxylation is 1. The maximum atomic E-state index is 12.0. The van der Waals surface area contributed by atoms with Crippen molar-refractivity contribution < 1.29 is 9.53 Å². The molecule has 0 atom stereocenters. The third-order valence-electron chi connectivity index (χ3n) is 6.78. The van der Waals surface area contributed by atoms with Gasteiger partial charge in [0.1, 0.15) is 17.2 Å². The second-order valence-corrected chi connectivity index (χ2v) is 9.29. The maximum absolute atomic E-state index is 12.0. The maximum Gasteiger partial charge on any atom is 0.251 e. The molecule has 0 bridgehead atoms. The van der Waals surface area contributed by atoms with E-state index in [9.17, 15) is 4.79 Å². The summed E-state index contributed by atoms with van der Waals surface area (Å²) in [5, 5.41) is 10.6. The Balaban J connectivity index is 1.55. The fourth-order valence-electron chi connectivity index (χ4n) is 4.79. The minimum atomic E-state index is -0.175. The topological polar surface area (TPSA) is 104 Å². The average molecular weight is 485 g/mol. The monoisotopic (exact) mass is 484 g/mol.